The summed E-state index contributed by atoms with van der Waals surface area (Å²) in [6.07, 6.45) is -4.29. The zero-order valence-corrected chi connectivity index (χ0v) is 10.7. The molecule has 0 aliphatic rings. The lowest BCUT2D eigenvalue weighted by molar-refractivity contribution is -0.137. The second kappa shape index (κ2) is 6.20. The molecule has 0 fully saturated rings. The first kappa shape index (κ1) is 15.0. The van der Waals surface area contributed by atoms with Gasteiger partial charge in [-0.05, 0) is 31.2 Å². The van der Waals surface area contributed by atoms with Gasteiger partial charge in [0.15, 0.2) is 0 Å². The molecule has 2 nitrogen and oxygen atoms in total. The van der Waals surface area contributed by atoms with Crippen LogP contribution in [0.2, 0.25) is 0 Å². The molecule has 0 bridgehead atoms. The molecule has 5 heteroatoms. The Morgan fingerprint density at radius 3 is 2.50 bits per heavy atom. The molecular weight excluding hydrogens is 241 g/mol. The summed E-state index contributed by atoms with van der Waals surface area (Å²) in [4.78, 5) is 2.05. The first-order chi connectivity index (χ1) is 8.40. The maximum absolute atomic E-state index is 12.6. The van der Waals surface area contributed by atoms with Crippen LogP contribution in [-0.2, 0) is 6.18 Å². The van der Waals surface area contributed by atoms with Gasteiger partial charge in [0.2, 0.25) is 0 Å². The Hall–Kier alpha value is -1.07. The number of rotatable bonds is 5. The molecule has 0 unspecified atom stereocenters. The highest BCUT2D eigenvalue weighted by molar-refractivity contribution is 5.27. The van der Waals surface area contributed by atoms with E-state index in [1.54, 1.807) is 6.07 Å². The molecule has 2 N–H and O–H groups in total. The van der Waals surface area contributed by atoms with Gasteiger partial charge in [-0.2, -0.15) is 13.2 Å². The highest BCUT2D eigenvalue weighted by Gasteiger charge is 2.30. The van der Waals surface area contributed by atoms with E-state index in [0.29, 0.717) is 18.7 Å². The van der Waals surface area contributed by atoms with Crippen LogP contribution in [0.3, 0.4) is 0 Å². The van der Waals surface area contributed by atoms with Crippen LogP contribution in [-0.4, -0.2) is 24.5 Å². The SMILES string of the molecule is CCN(CCN)[C@@H](C)c1cccc(C(F)(F)F)c1. The molecule has 1 atom stereocenters. The van der Waals surface area contributed by atoms with Crippen LogP contribution >= 0.6 is 0 Å². The van der Waals surface area contributed by atoms with Crippen molar-refractivity contribution in [3.63, 3.8) is 0 Å². The largest absolute Gasteiger partial charge is 0.416 e. The molecular formula is C13H19F3N2. The van der Waals surface area contributed by atoms with Crippen molar-refractivity contribution in [2.45, 2.75) is 26.1 Å². The van der Waals surface area contributed by atoms with E-state index in [9.17, 15) is 13.2 Å². The second-order valence-corrected chi connectivity index (χ2v) is 4.22. The van der Waals surface area contributed by atoms with Crippen LogP contribution < -0.4 is 5.73 Å². The molecule has 102 valence electrons. The molecule has 0 aliphatic heterocycles. The van der Waals surface area contributed by atoms with Crippen molar-refractivity contribution in [1.29, 1.82) is 0 Å². The fourth-order valence-electron chi connectivity index (χ4n) is 1.98. The van der Waals surface area contributed by atoms with E-state index in [1.165, 1.54) is 12.1 Å². The highest BCUT2D eigenvalue weighted by atomic mass is 19.4. The maximum Gasteiger partial charge on any atom is 0.416 e. The topological polar surface area (TPSA) is 29.3 Å². The van der Waals surface area contributed by atoms with Crippen LogP contribution in [0.15, 0.2) is 24.3 Å². The van der Waals surface area contributed by atoms with Crippen molar-refractivity contribution in [2.75, 3.05) is 19.6 Å². The Morgan fingerprint density at radius 2 is 2.00 bits per heavy atom. The zero-order valence-electron chi connectivity index (χ0n) is 10.7. The molecule has 0 saturated heterocycles. The highest BCUT2D eigenvalue weighted by Crippen LogP contribution is 2.31. The molecule has 1 aromatic rings. The predicted octanol–water partition coefficient (Wildman–Crippen LogP) is 3.05. The molecule has 0 aromatic heterocycles. The average Bonchev–Trinajstić information content (AvgIpc) is 2.34. The van der Waals surface area contributed by atoms with Crippen LogP contribution in [0.25, 0.3) is 0 Å². The minimum Gasteiger partial charge on any atom is -0.329 e. The Labute approximate surface area is 106 Å². The van der Waals surface area contributed by atoms with E-state index in [4.69, 9.17) is 5.73 Å². The molecule has 0 saturated carbocycles. The number of alkyl halides is 3. The summed E-state index contributed by atoms with van der Waals surface area (Å²) in [6.45, 7) is 5.80. The van der Waals surface area contributed by atoms with E-state index >= 15 is 0 Å². The lowest BCUT2D eigenvalue weighted by Gasteiger charge is -2.28. The molecule has 18 heavy (non-hydrogen) atoms. The van der Waals surface area contributed by atoms with Gasteiger partial charge in [-0.3, -0.25) is 4.90 Å². The second-order valence-electron chi connectivity index (χ2n) is 4.22. The first-order valence-electron chi connectivity index (χ1n) is 6.01. The smallest absolute Gasteiger partial charge is 0.329 e. The number of likely N-dealkylation sites (N-methyl/N-ethyl adjacent to an activating group) is 1. The minimum absolute atomic E-state index is 0.0687. The van der Waals surface area contributed by atoms with Gasteiger partial charge in [0.05, 0.1) is 5.56 Å². The van der Waals surface area contributed by atoms with Crippen molar-refractivity contribution in [2.24, 2.45) is 5.73 Å². The minimum atomic E-state index is -4.29. The van der Waals surface area contributed by atoms with Gasteiger partial charge >= 0.3 is 6.18 Å². The van der Waals surface area contributed by atoms with Gasteiger partial charge in [-0.15, -0.1) is 0 Å². The van der Waals surface area contributed by atoms with E-state index in [1.807, 2.05) is 13.8 Å². The van der Waals surface area contributed by atoms with Crippen molar-refractivity contribution in [3.8, 4) is 0 Å². The van der Waals surface area contributed by atoms with Gasteiger partial charge in [0, 0.05) is 19.1 Å². The number of nitrogens with zero attached hydrogens (tertiary/aromatic N) is 1. The number of nitrogens with two attached hydrogens (primary N) is 1. The summed E-state index contributed by atoms with van der Waals surface area (Å²) >= 11 is 0. The van der Waals surface area contributed by atoms with E-state index in [0.717, 1.165) is 12.6 Å². The Kier molecular flexibility index (Phi) is 5.16. The Morgan fingerprint density at radius 1 is 1.33 bits per heavy atom. The van der Waals surface area contributed by atoms with Gasteiger partial charge in [0.1, 0.15) is 0 Å². The van der Waals surface area contributed by atoms with Gasteiger partial charge in [0.25, 0.3) is 0 Å². The van der Waals surface area contributed by atoms with E-state index < -0.39 is 11.7 Å². The third kappa shape index (κ3) is 3.71. The molecule has 1 aromatic carbocycles. The Bertz CT molecular complexity index is 377. The van der Waals surface area contributed by atoms with Crippen molar-refractivity contribution < 1.29 is 13.2 Å². The van der Waals surface area contributed by atoms with E-state index in [-0.39, 0.29) is 6.04 Å². The van der Waals surface area contributed by atoms with Crippen LogP contribution in [0.1, 0.15) is 31.0 Å². The summed E-state index contributed by atoms with van der Waals surface area (Å²) in [5.41, 5.74) is 5.56. The number of hydrogen-bond acceptors (Lipinski definition) is 2. The average molecular weight is 260 g/mol. The number of hydrogen-bond donors (Lipinski definition) is 1. The summed E-state index contributed by atoms with van der Waals surface area (Å²) in [5, 5.41) is 0. The quantitative estimate of drug-likeness (QED) is 0.881. The van der Waals surface area contributed by atoms with Crippen molar-refractivity contribution in [3.05, 3.63) is 35.4 Å². The van der Waals surface area contributed by atoms with Gasteiger partial charge in [-0.1, -0.05) is 19.1 Å². The molecule has 0 radical (unpaired) electrons. The lowest BCUT2D eigenvalue weighted by Crippen LogP contribution is -2.32. The molecule has 0 amide bonds. The van der Waals surface area contributed by atoms with Crippen LogP contribution in [0.5, 0.6) is 0 Å². The van der Waals surface area contributed by atoms with Crippen LogP contribution in [0.4, 0.5) is 13.2 Å². The van der Waals surface area contributed by atoms with Crippen molar-refractivity contribution >= 4 is 0 Å². The summed E-state index contributed by atoms with van der Waals surface area (Å²) in [5.74, 6) is 0. The van der Waals surface area contributed by atoms with Crippen LogP contribution in [0, 0.1) is 0 Å². The molecule has 1 rings (SSSR count). The van der Waals surface area contributed by atoms with Gasteiger partial charge < -0.3 is 5.73 Å². The standard InChI is InChI=1S/C13H19F3N2/c1-3-18(8-7-17)10(2)11-5-4-6-12(9-11)13(14,15)16/h4-6,9-10H,3,7-8,17H2,1-2H3/t10-/m0/s1. The monoisotopic (exact) mass is 260 g/mol. The Balaban J connectivity index is 2.95. The summed E-state index contributed by atoms with van der Waals surface area (Å²) in [6, 6.07) is 5.41. The number of benzene rings is 1. The summed E-state index contributed by atoms with van der Waals surface area (Å²) < 4.78 is 37.9. The predicted molar refractivity (Wildman–Crippen MR) is 66.2 cm³/mol. The van der Waals surface area contributed by atoms with E-state index in [2.05, 4.69) is 4.90 Å². The fraction of sp³-hybridized carbons (Fsp3) is 0.538. The lowest BCUT2D eigenvalue weighted by atomic mass is 10.0. The maximum atomic E-state index is 12.6. The third-order valence-corrected chi connectivity index (χ3v) is 3.07. The molecule has 0 spiro atoms. The number of halogens is 3. The third-order valence-electron chi connectivity index (χ3n) is 3.07. The van der Waals surface area contributed by atoms with Gasteiger partial charge in [-0.25, -0.2) is 0 Å². The first-order valence-corrected chi connectivity index (χ1v) is 6.01. The summed E-state index contributed by atoms with van der Waals surface area (Å²) in [7, 11) is 0. The zero-order chi connectivity index (χ0) is 13.8. The fourth-order valence-corrected chi connectivity index (χ4v) is 1.98. The normalized spacial score (nSPS) is 13.9. The molecule has 0 aliphatic carbocycles. The van der Waals surface area contributed by atoms with Crippen molar-refractivity contribution in [1.82, 2.24) is 4.90 Å². The molecule has 0 heterocycles.